The van der Waals surface area contributed by atoms with Crippen LogP contribution in [0.5, 0.6) is 5.75 Å². The van der Waals surface area contributed by atoms with Crippen LogP contribution in [0.1, 0.15) is 12.5 Å². The summed E-state index contributed by atoms with van der Waals surface area (Å²) < 4.78 is 5.16. The van der Waals surface area contributed by atoms with Crippen molar-refractivity contribution in [2.24, 2.45) is 10.8 Å². The third-order valence-corrected chi connectivity index (χ3v) is 4.51. The topological polar surface area (TPSA) is 93.8 Å². The second-order valence-corrected chi connectivity index (χ2v) is 7.12. The van der Waals surface area contributed by atoms with Crippen LogP contribution in [0.3, 0.4) is 0 Å². The number of nitrogens with zero attached hydrogens (tertiary/aromatic N) is 1. The lowest BCUT2D eigenvalue weighted by atomic mass is 10.2. The normalized spacial score (nSPS) is 11.9. The number of carbonyl (C=O) groups is 2. The SMILES string of the molecule is C[C@@H](Sc1ccc(Cl)cc1)C(=O)N/N=C\c1ccc(OCC(N)=O)cc1. The summed E-state index contributed by atoms with van der Waals surface area (Å²) >= 11 is 7.26. The number of amides is 2. The van der Waals surface area contributed by atoms with E-state index in [4.69, 9.17) is 22.1 Å². The van der Waals surface area contributed by atoms with Crippen molar-refractivity contribution in [1.29, 1.82) is 0 Å². The molecule has 0 saturated carbocycles. The number of hydrogen-bond donors (Lipinski definition) is 2. The summed E-state index contributed by atoms with van der Waals surface area (Å²) in [5, 5.41) is 4.30. The second-order valence-electron chi connectivity index (χ2n) is 5.27. The number of ether oxygens (including phenoxy) is 1. The lowest BCUT2D eigenvalue weighted by molar-refractivity contribution is -0.120. The molecule has 0 heterocycles. The molecule has 26 heavy (non-hydrogen) atoms. The Morgan fingerprint density at radius 1 is 1.23 bits per heavy atom. The van der Waals surface area contributed by atoms with E-state index in [0.717, 1.165) is 10.5 Å². The molecule has 3 N–H and O–H groups in total. The maximum absolute atomic E-state index is 12.1. The third kappa shape index (κ3) is 6.78. The Morgan fingerprint density at radius 3 is 2.50 bits per heavy atom. The Balaban J connectivity index is 1.81. The van der Waals surface area contributed by atoms with E-state index in [9.17, 15) is 9.59 Å². The minimum Gasteiger partial charge on any atom is -0.484 e. The summed E-state index contributed by atoms with van der Waals surface area (Å²) in [6.45, 7) is 1.63. The fourth-order valence-electron chi connectivity index (χ4n) is 1.84. The zero-order valence-corrected chi connectivity index (χ0v) is 15.6. The quantitative estimate of drug-likeness (QED) is 0.411. The van der Waals surface area contributed by atoms with Gasteiger partial charge in [0.1, 0.15) is 5.75 Å². The van der Waals surface area contributed by atoms with Gasteiger partial charge in [-0.25, -0.2) is 5.43 Å². The summed E-state index contributed by atoms with van der Waals surface area (Å²) in [4.78, 5) is 23.7. The van der Waals surface area contributed by atoms with Crippen LogP contribution in [0.15, 0.2) is 58.5 Å². The van der Waals surface area contributed by atoms with E-state index in [1.807, 2.05) is 12.1 Å². The number of nitrogens with one attached hydrogen (secondary N) is 1. The molecule has 0 spiro atoms. The molecule has 136 valence electrons. The largest absolute Gasteiger partial charge is 0.484 e. The Bertz CT molecular complexity index is 779. The fraction of sp³-hybridized carbons (Fsp3) is 0.167. The van der Waals surface area contributed by atoms with Crippen molar-refractivity contribution < 1.29 is 14.3 Å². The molecule has 0 saturated heterocycles. The van der Waals surface area contributed by atoms with Gasteiger partial charge in [-0.3, -0.25) is 9.59 Å². The van der Waals surface area contributed by atoms with Crippen molar-refractivity contribution in [3.05, 3.63) is 59.1 Å². The number of halogens is 1. The smallest absolute Gasteiger partial charge is 0.255 e. The number of thioether (sulfide) groups is 1. The Labute approximate surface area is 160 Å². The first-order chi connectivity index (χ1) is 12.4. The van der Waals surface area contributed by atoms with E-state index in [1.165, 1.54) is 18.0 Å². The summed E-state index contributed by atoms with van der Waals surface area (Å²) in [5.74, 6) is -0.218. The number of nitrogens with two attached hydrogens (primary N) is 1. The summed E-state index contributed by atoms with van der Waals surface area (Å²) in [7, 11) is 0. The maximum atomic E-state index is 12.1. The van der Waals surface area contributed by atoms with Crippen molar-refractivity contribution in [2.75, 3.05) is 6.61 Å². The van der Waals surface area contributed by atoms with Crippen molar-refractivity contribution in [1.82, 2.24) is 5.43 Å². The molecule has 0 fully saturated rings. The van der Waals surface area contributed by atoms with E-state index >= 15 is 0 Å². The molecule has 8 heteroatoms. The van der Waals surface area contributed by atoms with E-state index in [0.29, 0.717) is 10.8 Å². The number of carbonyl (C=O) groups excluding carboxylic acids is 2. The van der Waals surface area contributed by atoms with Gasteiger partial charge in [0.15, 0.2) is 6.61 Å². The van der Waals surface area contributed by atoms with Crippen LogP contribution in [0.25, 0.3) is 0 Å². The first kappa shape index (κ1) is 19.8. The number of hydrogen-bond acceptors (Lipinski definition) is 5. The molecule has 0 aliphatic heterocycles. The van der Waals surface area contributed by atoms with E-state index in [2.05, 4.69) is 10.5 Å². The van der Waals surface area contributed by atoms with Crippen LogP contribution in [0.2, 0.25) is 5.02 Å². The molecule has 0 aliphatic carbocycles. The number of benzene rings is 2. The Kier molecular flexibility index (Phi) is 7.50. The third-order valence-electron chi connectivity index (χ3n) is 3.15. The molecule has 0 radical (unpaired) electrons. The predicted molar refractivity (Wildman–Crippen MR) is 104 cm³/mol. The highest BCUT2D eigenvalue weighted by atomic mass is 35.5. The maximum Gasteiger partial charge on any atom is 0.255 e. The molecule has 0 aliphatic rings. The van der Waals surface area contributed by atoms with Gasteiger partial charge in [-0.1, -0.05) is 11.6 Å². The summed E-state index contributed by atoms with van der Waals surface area (Å²) in [5.41, 5.74) is 8.29. The highest BCUT2D eigenvalue weighted by molar-refractivity contribution is 8.00. The van der Waals surface area contributed by atoms with Gasteiger partial charge in [0.2, 0.25) is 0 Å². The lowest BCUT2D eigenvalue weighted by Gasteiger charge is -2.09. The van der Waals surface area contributed by atoms with Crippen LogP contribution < -0.4 is 15.9 Å². The average molecular weight is 392 g/mol. The van der Waals surface area contributed by atoms with Crippen molar-refractivity contribution in [2.45, 2.75) is 17.1 Å². The minimum absolute atomic E-state index is 0.174. The van der Waals surface area contributed by atoms with Gasteiger partial charge < -0.3 is 10.5 Å². The molecule has 6 nitrogen and oxygen atoms in total. The van der Waals surface area contributed by atoms with E-state index in [-0.39, 0.29) is 17.8 Å². The molecular formula is C18H18ClN3O3S. The summed E-state index contributed by atoms with van der Waals surface area (Å²) in [6.07, 6.45) is 1.52. The predicted octanol–water partition coefficient (Wildman–Crippen LogP) is 2.83. The molecular weight excluding hydrogens is 374 g/mol. The van der Waals surface area contributed by atoms with Gasteiger partial charge in [0.05, 0.1) is 11.5 Å². The van der Waals surface area contributed by atoms with Gasteiger partial charge in [0, 0.05) is 9.92 Å². The monoisotopic (exact) mass is 391 g/mol. The molecule has 0 aromatic heterocycles. The molecule has 2 amide bonds. The fourth-order valence-corrected chi connectivity index (χ4v) is 2.82. The van der Waals surface area contributed by atoms with Gasteiger partial charge in [-0.2, -0.15) is 5.10 Å². The van der Waals surface area contributed by atoms with Crippen molar-refractivity contribution >= 4 is 41.4 Å². The zero-order valence-electron chi connectivity index (χ0n) is 14.0. The first-order valence-electron chi connectivity index (χ1n) is 7.70. The number of hydrazone groups is 1. The van der Waals surface area contributed by atoms with Crippen LogP contribution in [-0.2, 0) is 9.59 Å². The average Bonchev–Trinajstić information content (AvgIpc) is 2.62. The van der Waals surface area contributed by atoms with Gasteiger partial charge >= 0.3 is 0 Å². The van der Waals surface area contributed by atoms with Crippen LogP contribution in [0.4, 0.5) is 0 Å². The Hall–Kier alpha value is -2.51. The minimum atomic E-state index is -0.538. The van der Waals surface area contributed by atoms with E-state index in [1.54, 1.807) is 43.3 Å². The Morgan fingerprint density at radius 2 is 1.88 bits per heavy atom. The zero-order chi connectivity index (χ0) is 18.9. The second kappa shape index (κ2) is 9.84. The molecule has 0 bridgehead atoms. The summed E-state index contributed by atoms with van der Waals surface area (Å²) in [6, 6.07) is 14.2. The molecule has 0 unspecified atom stereocenters. The first-order valence-corrected chi connectivity index (χ1v) is 8.96. The molecule has 2 aromatic rings. The van der Waals surface area contributed by atoms with Crippen molar-refractivity contribution in [3.63, 3.8) is 0 Å². The molecule has 2 aromatic carbocycles. The van der Waals surface area contributed by atoms with Gasteiger partial charge in [-0.05, 0) is 61.0 Å². The van der Waals surface area contributed by atoms with Gasteiger partial charge in [0.25, 0.3) is 11.8 Å². The van der Waals surface area contributed by atoms with Crippen LogP contribution in [-0.4, -0.2) is 29.9 Å². The van der Waals surface area contributed by atoms with Crippen LogP contribution >= 0.6 is 23.4 Å². The number of rotatable bonds is 8. The van der Waals surface area contributed by atoms with Crippen molar-refractivity contribution in [3.8, 4) is 5.75 Å². The lowest BCUT2D eigenvalue weighted by Crippen LogP contribution is -2.26. The highest BCUT2D eigenvalue weighted by Gasteiger charge is 2.13. The van der Waals surface area contributed by atoms with Crippen LogP contribution in [0, 0.1) is 0 Å². The van der Waals surface area contributed by atoms with Gasteiger partial charge in [-0.15, -0.1) is 11.8 Å². The molecule has 2 rings (SSSR count). The standard InChI is InChI=1S/C18H18ClN3O3S/c1-12(26-16-8-4-14(19)5-9-16)18(24)22-21-10-13-2-6-15(7-3-13)25-11-17(20)23/h2-10,12H,11H2,1H3,(H2,20,23)(H,22,24)/b21-10-/t12-/m1/s1. The molecule has 1 atom stereocenters. The number of primary amides is 1. The van der Waals surface area contributed by atoms with E-state index < -0.39 is 5.91 Å². The highest BCUT2D eigenvalue weighted by Crippen LogP contribution is 2.24.